The number of alkyl halides is 1. The number of hydrogen-bond acceptors (Lipinski definition) is 3. The van der Waals surface area contributed by atoms with Gasteiger partial charge in [-0.25, -0.2) is 4.79 Å². The fourth-order valence-electron chi connectivity index (χ4n) is 3.12. The summed E-state index contributed by atoms with van der Waals surface area (Å²) in [6.07, 6.45) is -0.118. The SMILES string of the molecule is O=C(O)Nc1ccc(Cl)cc1-c1cc2n(c(=O)c1)C(C(=O)CCl)CC2. The molecular weight excluding hydrogens is 367 g/mol. The van der Waals surface area contributed by atoms with E-state index >= 15 is 0 Å². The van der Waals surface area contributed by atoms with Gasteiger partial charge < -0.3 is 9.67 Å². The molecule has 1 aliphatic rings. The number of aromatic nitrogens is 1. The zero-order chi connectivity index (χ0) is 18.1. The van der Waals surface area contributed by atoms with Crippen LogP contribution < -0.4 is 10.9 Å². The third-order valence-electron chi connectivity index (χ3n) is 4.17. The molecule has 6 nitrogen and oxygen atoms in total. The molecule has 0 fully saturated rings. The lowest BCUT2D eigenvalue weighted by atomic mass is 10.0. The third-order valence-corrected chi connectivity index (χ3v) is 4.67. The molecular formula is C17H14Cl2N2O4. The molecule has 0 radical (unpaired) electrons. The van der Waals surface area contributed by atoms with Crippen LogP contribution in [-0.4, -0.2) is 27.4 Å². The number of carboxylic acid groups (broad SMARTS) is 1. The maximum absolute atomic E-state index is 12.6. The number of aryl methyl sites for hydroxylation is 1. The molecule has 1 unspecified atom stereocenters. The fraction of sp³-hybridized carbons (Fsp3) is 0.235. The van der Waals surface area contributed by atoms with Crippen molar-refractivity contribution in [3.8, 4) is 11.1 Å². The predicted molar refractivity (Wildman–Crippen MR) is 95.9 cm³/mol. The van der Waals surface area contributed by atoms with E-state index in [4.69, 9.17) is 28.3 Å². The highest BCUT2D eigenvalue weighted by Gasteiger charge is 2.29. The quantitative estimate of drug-likeness (QED) is 0.793. The lowest BCUT2D eigenvalue weighted by Crippen LogP contribution is -2.28. The Bertz CT molecular complexity index is 923. The highest BCUT2D eigenvalue weighted by Crippen LogP contribution is 2.33. The summed E-state index contributed by atoms with van der Waals surface area (Å²) in [7, 11) is 0. The van der Waals surface area contributed by atoms with Crippen LogP contribution in [0.3, 0.4) is 0 Å². The largest absolute Gasteiger partial charge is 0.465 e. The summed E-state index contributed by atoms with van der Waals surface area (Å²) in [5.41, 5.74) is 1.76. The summed E-state index contributed by atoms with van der Waals surface area (Å²) in [6, 6.07) is 7.31. The predicted octanol–water partition coefficient (Wildman–Crippen LogP) is 3.55. The molecule has 2 heterocycles. The van der Waals surface area contributed by atoms with Crippen LogP contribution in [0.4, 0.5) is 10.5 Å². The lowest BCUT2D eigenvalue weighted by Gasteiger charge is -2.14. The van der Waals surface area contributed by atoms with E-state index in [9.17, 15) is 14.4 Å². The molecule has 2 aromatic rings. The second-order valence-electron chi connectivity index (χ2n) is 5.72. The minimum atomic E-state index is -1.21. The van der Waals surface area contributed by atoms with Crippen LogP contribution in [0, 0.1) is 0 Å². The molecule has 130 valence electrons. The molecule has 0 saturated carbocycles. The van der Waals surface area contributed by atoms with Crippen LogP contribution in [0.5, 0.6) is 0 Å². The summed E-state index contributed by atoms with van der Waals surface area (Å²) in [6.45, 7) is 0. The van der Waals surface area contributed by atoms with Gasteiger partial charge in [-0.1, -0.05) is 11.6 Å². The van der Waals surface area contributed by atoms with Gasteiger partial charge in [0.25, 0.3) is 5.56 Å². The minimum absolute atomic E-state index is 0.140. The molecule has 2 N–H and O–H groups in total. The number of benzene rings is 1. The van der Waals surface area contributed by atoms with E-state index in [1.165, 1.54) is 16.7 Å². The van der Waals surface area contributed by atoms with Gasteiger partial charge in [-0.3, -0.25) is 14.9 Å². The van der Waals surface area contributed by atoms with Gasteiger partial charge in [0, 0.05) is 22.3 Å². The number of ketones is 1. The summed E-state index contributed by atoms with van der Waals surface area (Å²) in [4.78, 5) is 35.5. The Kier molecular flexibility index (Phi) is 4.83. The van der Waals surface area contributed by atoms with E-state index in [0.717, 1.165) is 0 Å². The molecule has 25 heavy (non-hydrogen) atoms. The summed E-state index contributed by atoms with van der Waals surface area (Å²) >= 11 is 11.6. The topological polar surface area (TPSA) is 88.4 Å². The molecule has 1 aromatic carbocycles. The molecule has 0 bridgehead atoms. The second-order valence-corrected chi connectivity index (χ2v) is 6.42. The first-order chi connectivity index (χ1) is 11.9. The number of pyridine rings is 1. The van der Waals surface area contributed by atoms with Gasteiger partial charge in [-0.2, -0.15) is 0 Å². The Morgan fingerprint density at radius 3 is 2.72 bits per heavy atom. The molecule has 3 rings (SSSR count). The number of anilines is 1. The first kappa shape index (κ1) is 17.5. The van der Waals surface area contributed by atoms with Gasteiger partial charge >= 0.3 is 6.09 Å². The number of hydrogen-bond donors (Lipinski definition) is 2. The molecule has 8 heteroatoms. The number of amides is 1. The number of halogens is 2. The number of nitrogens with zero attached hydrogens (tertiary/aromatic N) is 1. The van der Waals surface area contributed by atoms with Crippen molar-refractivity contribution in [1.82, 2.24) is 4.57 Å². The van der Waals surface area contributed by atoms with Crippen molar-refractivity contribution in [2.45, 2.75) is 18.9 Å². The van der Waals surface area contributed by atoms with Crippen molar-refractivity contribution in [2.24, 2.45) is 0 Å². The fourth-order valence-corrected chi connectivity index (χ4v) is 3.47. The van der Waals surface area contributed by atoms with Crippen molar-refractivity contribution in [2.75, 3.05) is 11.2 Å². The van der Waals surface area contributed by atoms with Crippen molar-refractivity contribution in [3.05, 3.63) is 51.4 Å². The number of carbonyl (C=O) groups is 2. The standard InChI is InChI=1S/C17H14Cl2N2O4/c18-8-15(22)14-4-2-11-5-9(6-16(23)21(11)14)12-7-10(19)1-3-13(12)20-17(24)25/h1,3,5-7,14,20H,2,4,8H2,(H,24,25). The highest BCUT2D eigenvalue weighted by molar-refractivity contribution is 6.31. The Balaban J connectivity index is 2.11. The third kappa shape index (κ3) is 3.41. The first-order valence-corrected chi connectivity index (χ1v) is 8.46. The molecule has 1 amide bonds. The van der Waals surface area contributed by atoms with Crippen LogP contribution in [0.1, 0.15) is 18.2 Å². The molecule has 1 aromatic heterocycles. The minimum Gasteiger partial charge on any atom is -0.465 e. The van der Waals surface area contributed by atoms with Crippen LogP contribution in [0.15, 0.2) is 35.1 Å². The van der Waals surface area contributed by atoms with Crippen molar-refractivity contribution < 1.29 is 14.7 Å². The van der Waals surface area contributed by atoms with E-state index in [0.29, 0.717) is 40.4 Å². The smallest absolute Gasteiger partial charge is 0.409 e. The number of Topliss-reactive ketones (excluding diaryl/α,β-unsaturated/α-hetero) is 1. The van der Waals surface area contributed by atoms with Gasteiger partial charge in [0.15, 0.2) is 5.78 Å². The maximum Gasteiger partial charge on any atom is 0.409 e. The van der Waals surface area contributed by atoms with E-state index in [2.05, 4.69) is 5.32 Å². The van der Waals surface area contributed by atoms with Crippen LogP contribution in [0.25, 0.3) is 11.1 Å². The van der Waals surface area contributed by atoms with Crippen molar-refractivity contribution >= 4 is 40.8 Å². The highest BCUT2D eigenvalue weighted by atomic mass is 35.5. The zero-order valence-corrected chi connectivity index (χ0v) is 14.5. The normalized spacial score (nSPS) is 15.7. The van der Waals surface area contributed by atoms with Gasteiger partial charge in [-0.15, -0.1) is 11.6 Å². The average Bonchev–Trinajstić information content (AvgIpc) is 3.00. The molecule has 0 saturated heterocycles. The monoisotopic (exact) mass is 380 g/mol. The number of nitrogens with one attached hydrogen (secondary N) is 1. The molecule has 1 aliphatic heterocycles. The van der Waals surface area contributed by atoms with Gasteiger partial charge in [0.05, 0.1) is 17.6 Å². The maximum atomic E-state index is 12.6. The Morgan fingerprint density at radius 2 is 2.04 bits per heavy atom. The first-order valence-electron chi connectivity index (χ1n) is 7.54. The van der Waals surface area contributed by atoms with Gasteiger partial charge in [0.1, 0.15) is 0 Å². The molecule has 0 aliphatic carbocycles. The van der Waals surface area contributed by atoms with Crippen LogP contribution >= 0.6 is 23.2 Å². The lowest BCUT2D eigenvalue weighted by molar-refractivity contribution is -0.119. The van der Waals surface area contributed by atoms with E-state index in [1.807, 2.05) is 0 Å². The Labute approximate surface area is 153 Å². The van der Waals surface area contributed by atoms with Gasteiger partial charge in [0.2, 0.25) is 0 Å². The second kappa shape index (κ2) is 6.90. The van der Waals surface area contributed by atoms with E-state index < -0.39 is 12.1 Å². The summed E-state index contributed by atoms with van der Waals surface area (Å²) in [5, 5.41) is 11.7. The number of rotatable bonds is 4. The van der Waals surface area contributed by atoms with Crippen LogP contribution in [0.2, 0.25) is 5.02 Å². The average molecular weight is 381 g/mol. The van der Waals surface area contributed by atoms with Crippen molar-refractivity contribution in [1.29, 1.82) is 0 Å². The van der Waals surface area contributed by atoms with Gasteiger partial charge in [-0.05, 0) is 42.7 Å². The van der Waals surface area contributed by atoms with Crippen LogP contribution in [-0.2, 0) is 11.2 Å². The number of carbonyl (C=O) groups excluding carboxylic acids is 1. The van der Waals surface area contributed by atoms with Crippen molar-refractivity contribution in [3.63, 3.8) is 0 Å². The Morgan fingerprint density at radius 1 is 1.28 bits per heavy atom. The molecule has 0 spiro atoms. The summed E-state index contributed by atoms with van der Waals surface area (Å²) in [5.74, 6) is -0.328. The van der Waals surface area contributed by atoms with E-state index in [1.54, 1.807) is 18.2 Å². The van der Waals surface area contributed by atoms with E-state index in [-0.39, 0.29) is 17.2 Å². The number of fused-ring (bicyclic) bond motifs is 1. The zero-order valence-electron chi connectivity index (χ0n) is 13.0. The summed E-state index contributed by atoms with van der Waals surface area (Å²) < 4.78 is 1.46. The Hall–Kier alpha value is -2.31. The molecule has 1 atom stereocenters.